The van der Waals surface area contributed by atoms with Crippen LogP contribution in [0.5, 0.6) is 0 Å². The van der Waals surface area contributed by atoms with Gasteiger partial charge in [0, 0.05) is 19.5 Å². The molecule has 1 aliphatic heterocycles. The number of rotatable bonds is 4. The van der Waals surface area contributed by atoms with Gasteiger partial charge in [-0.15, -0.1) is 0 Å². The van der Waals surface area contributed by atoms with E-state index in [2.05, 4.69) is 0 Å². The fourth-order valence-electron chi connectivity index (χ4n) is 3.07. The van der Waals surface area contributed by atoms with Crippen LogP contribution in [0.1, 0.15) is 39.5 Å². The molecule has 1 saturated heterocycles. The van der Waals surface area contributed by atoms with Crippen molar-refractivity contribution in [1.82, 2.24) is 4.90 Å². The lowest BCUT2D eigenvalue weighted by Gasteiger charge is -2.36. The molecule has 24 heavy (non-hydrogen) atoms. The Bertz CT molecular complexity index is 637. The van der Waals surface area contributed by atoms with E-state index in [1.54, 1.807) is 4.90 Å². The summed E-state index contributed by atoms with van der Waals surface area (Å²) in [5.74, 6) is -5.40. The molecular weight excluding hydrogens is 321 g/mol. The van der Waals surface area contributed by atoms with E-state index in [-0.39, 0.29) is 11.9 Å². The number of hydrogen-bond donors (Lipinski definition) is 0. The summed E-state index contributed by atoms with van der Waals surface area (Å²) in [7, 11) is 0. The molecule has 2 rings (SSSR count). The van der Waals surface area contributed by atoms with Crippen LogP contribution in [0, 0.1) is 17.5 Å². The Morgan fingerprint density at radius 2 is 1.92 bits per heavy atom. The highest BCUT2D eigenvalue weighted by Crippen LogP contribution is 2.25. The van der Waals surface area contributed by atoms with Crippen LogP contribution < -0.4 is 4.90 Å². The van der Waals surface area contributed by atoms with Gasteiger partial charge in [0.15, 0.2) is 17.5 Å². The fourth-order valence-corrected chi connectivity index (χ4v) is 3.07. The highest BCUT2D eigenvalue weighted by atomic mass is 19.2. The molecule has 0 saturated carbocycles. The smallest absolute Gasteiger partial charge is 0.242 e. The van der Waals surface area contributed by atoms with Gasteiger partial charge < -0.3 is 9.80 Å². The minimum atomic E-state index is -1.66. The van der Waals surface area contributed by atoms with Gasteiger partial charge in [-0.2, -0.15) is 0 Å². The largest absolute Gasteiger partial charge is 0.338 e. The second-order valence-electron chi connectivity index (χ2n) is 5.94. The van der Waals surface area contributed by atoms with Gasteiger partial charge in [-0.1, -0.05) is 6.92 Å². The molecule has 1 aromatic carbocycles. The van der Waals surface area contributed by atoms with E-state index < -0.39 is 35.6 Å². The predicted octanol–water partition coefficient (Wildman–Crippen LogP) is 3.25. The number of carbonyl (C=O) groups excluding carboxylic acids is 2. The average Bonchev–Trinajstić information content (AvgIpc) is 2.58. The van der Waals surface area contributed by atoms with Crippen LogP contribution in [0.15, 0.2) is 12.1 Å². The van der Waals surface area contributed by atoms with Crippen LogP contribution >= 0.6 is 0 Å². The number of carbonyl (C=O) groups is 2. The lowest BCUT2D eigenvalue weighted by molar-refractivity contribution is -0.134. The number of benzene rings is 1. The quantitative estimate of drug-likeness (QED) is 0.788. The molecule has 0 aromatic heterocycles. The monoisotopic (exact) mass is 342 g/mol. The first kappa shape index (κ1) is 18.3. The van der Waals surface area contributed by atoms with Crippen molar-refractivity contribution in [3.8, 4) is 0 Å². The van der Waals surface area contributed by atoms with Gasteiger partial charge in [0.1, 0.15) is 6.54 Å². The first-order chi connectivity index (χ1) is 11.4. The summed E-state index contributed by atoms with van der Waals surface area (Å²) in [6.07, 6.45) is 3.60. The molecule has 4 nitrogen and oxygen atoms in total. The summed E-state index contributed by atoms with van der Waals surface area (Å²) < 4.78 is 40.5. The van der Waals surface area contributed by atoms with E-state index in [1.165, 1.54) is 0 Å². The highest BCUT2D eigenvalue weighted by molar-refractivity contribution is 5.97. The minimum absolute atomic E-state index is 0.0925. The van der Waals surface area contributed by atoms with Gasteiger partial charge in [-0.25, -0.2) is 13.2 Å². The van der Waals surface area contributed by atoms with E-state index in [4.69, 9.17) is 0 Å². The molecule has 1 fully saturated rings. The van der Waals surface area contributed by atoms with Crippen molar-refractivity contribution >= 4 is 17.5 Å². The molecule has 0 spiro atoms. The zero-order valence-corrected chi connectivity index (χ0v) is 13.8. The van der Waals surface area contributed by atoms with E-state index in [0.29, 0.717) is 6.54 Å². The zero-order valence-electron chi connectivity index (χ0n) is 13.8. The normalized spacial score (nSPS) is 17.7. The third-order valence-corrected chi connectivity index (χ3v) is 4.40. The average molecular weight is 342 g/mol. The molecule has 0 aliphatic carbocycles. The van der Waals surface area contributed by atoms with Crippen molar-refractivity contribution in [3.63, 3.8) is 0 Å². The van der Waals surface area contributed by atoms with Crippen molar-refractivity contribution in [2.75, 3.05) is 18.0 Å². The number of amides is 2. The fraction of sp³-hybridized carbons (Fsp3) is 0.529. The summed E-state index contributed by atoms with van der Waals surface area (Å²) in [6.45, 7) is 3.33. The zero-order chi connectivity index (χ0) is 17.9. The molecular formula is C17H21F3N2O2. The number of nitrogens with zero attached hydrogens (tertiary/aromatic N) is 2. The van der Waals surface area contributed by atoms with Crippen LogP contribution in [0.3, 0.4) is 0 Å². The molecule has 7 heteroatoms. The maximum atomic E-state index is 14.0. The standard InChI is InChI=1S/C17H21F3N2O2/c1-3-12-6-4-5-9-21(12)15(24)10-22(11(2)23)14-8-7-13(18)16(19)17(14)20/h7-8,12H,3-6,9-10H2,1-2H3. The van der Waals surface area contributed by atoms with Crippen molar-refractivity contribution in [1.29, 1.82) is 0 Å². The van der Waals surface area contributed by atoms with Crippen molar-refractivity contribution < 1.29 is 22.8 Å². The molecule has 2 amide bonds. The van der Waals surface area contributed by atoms with Gasteiger partial charge >= 0.3 is 0 Å². The van der Waals surface area contributed by atoms with Gasteiger partial charge in [0.05, 0.1) is 5.69 Å². The van der Waals surface area contributed by atoms with Gasteiger partial charge in [-0.05, 0) is 37.8 Å². The molecule has 0 bridgehead atoms. The highest BCUT2D eigenvalue weighted by Gasteiger charge is 2.29. The third-order valence-electron chi connectivity index (χ3n) is 4.40. The number of piperidine rings is 1. The Balaban J connectivity index is 2.24. The Morgan fingerprint density at radius 3 is 2.54 bits per heavy atom. The van der Waals surface area contributed by atoms with Crippen molar-refractivity contribution in [3.05, 3.63) is 29.6 Å². The van der Waals surface area contributed by atoms with Gasteiger partial charge in [0.2, 0.25) is 11.8 Å². The van der Waals surface area contributed by atoms with E-state index in [9.17, 15) is 22.8 Å². The summed E-state index contributed by atoms with van der Waals surface area (Å²) in [5.41, 5.74) is -0.431. The maximum Gasteiger partial charge on any atom is 0.242 e. The minimum Gasteiger partial charge on any atom is -0.338 e. The Kier molecular flexibility index (Phi) is 5.85. The summed E-state index contributed by atoms with van der Waals surface area (Å²) in [6, 6.07) is 1.80. The summed E-state index contributed by atoms with van der Waals surface area (Å²) in [4.78, 5) is 26.9. The Morgan fingerprint density at radius 1 is 1.21 bits per heavy atom. The van der Waals surface area contributed by atoms with Gasteiger partial charge in [-0.3, -0.25) is 9.59 Å². The third kappa shape index (κ3) is 3.71. The molecule has 1 heterocycles. The van der Waals surface area contributed by atoms with Crippen LogP contribution in [0.2, 0.25) is 0 Å². The number of hydrogen-bond acceptors (Lipinski definition) is 2. The first-order valence-electron chi connectivity index (χ1n) is 8.07. The van der Waals surface area contributed by atoms with E-state index >= 15 is 0 Å². The van der Waals surface area contributed by atoms with E-state index in [0.717, 1.165) is 49.6 Å². The lowest BCUT2D eigenvalue weighted by Crippen LogP contribution is -2.49. The second-order valence-corrected chi connectivity index (χ2v) is 5.94. The Hall–Kier alpha value is -2.05. The predicted molar refractivity (Wildman–Crippen MR) is 84.0 cm³/mol. The molecule has 132 valence electrons. The van der Waals surface area contributed by atoms with Crippen LogP contribution in [0.4, 0.5) is 18.9 Å². The molecule has 1 aliphatic rings. The van der Waals surface area contributed by atoms with Crippen molar-refractivity contribution in [2.45, 2.75) is 45.6 Å². The summed E-state index contributed by atoms with van der Waals surface area (Å²) >= 11 is 0. The van der Waals surface area contributed by atoms with Crippen LogP contribution in [-0.4, -0.2) is 35.8 Å². The van der Waals surface area contributed by atoms with E-state index in [1.807, 2.05) is 6.92 Å². The molecule has 0 N–H and O–H groups in total. The molecule has 0 radical (unpaired) electrons. The van der Waals surface area contributed by atoms with Gasteiger partial charge in [0.25, 0.3) is 0 Å². The molecule has 1 aromatic rings. The molecule has 1 unspecified atom stereocenters. The number of anilines is 1. The van der Waals surface area contributed by atoms with Crippen molar-refractivity contribution in [2.24, 2.45) is 0 Å². The van der Waals surface area contributed by atoms with Crippen LogP contribution in [0.25, 0.3) is 0 Å². The number of halogens is 3. The second kappa shape index (κ2) is 7.68. The summed E-state index contributed by atoms with van der Waals surface area (Å²) in [5, 5.41) is 0. The Labute approximate surface area is 139 Å². The first-order valence-corrected chi connectivity index (χ1v) is 8.07. The topological polar surface area (TPSA) is 40.6 Å². The lowest BCUT2D eigenvalue weighted by atomic mass is 10.00. The molecule has 1 atom stereocenters. The van der Waals surface area contributed by atoms with Crippen LogP contribution in [-0.2, 0) is 9.59 Å². The number of likely N-dealkylation sites (tertiary alicyclic amines) is 1. The SMILES string of the molecule is CCC1CCCCN1C(=O)CN(C(C)=O)c1ccc(F)c(F)c1F. The maximum absolute atomic E-state index is 14.0.